The molecule has 2 atom stereocenters. The van der Waals surface area contributed by atoms with Crippen LogP contribution >= 0.6 is 0 Å². The van der Waals surface area contributed by atoms with E-state index in [9.17, 15) is 5.11 Å². The summed E-state index contributed by atoms with van der Waals surface area (Å²) in [5, 5.41) is 13.6. The van der Waals surface area contributed by atoms with E-state index in [-0.39, 0.29) is 0 Å². The lowest BCUT2D eigenvalue weighted by molar-refractivity contribution is 0.0323. The molecule has 17 heavy (non-hydrogen) atoms. The summed E-state index contributed by atoms with van der Waals surface area (Å²) in [5.41, 5.74) is -0.635. The lowest BCUT2D eigenvalue weighted by Crippen LogP contribution is -2.47. The Morgan fingerprint density at radius 3 is 2.76 bits per heavy atom. The molecule has 1 heterocycles. The molecule has 0 amide bonds. The van der Waals surface area contributed by atoms with E-state index < -0.39 is 5.60 Å². The number of hydrogen-bond donors (Lipinski definition) is 2. The molecule has 0 radical (unpaired) electrons. The third-order valence-corrected chi connectivity index (χ3v) is 3.32. The Balaban J connectivity index is 2.18. The first-order valence-corrected chi connectivity index (χ1v) is 6.65. The molecule has 4 heteroatoms. The number of nitrogens with zero attached hydrogens (tertiary/aromatic N) is 2. The minimum absolute atomic E-state index is 0.635. The SMILES string of the molecule is CN(C)CC(C)(O)CNCC1CCCN(C)C1. The second kappa shape index (κ2) is 6.69. The molecule has 0 aromatic rings. The highest BCUT2D eigenvalue weighted by molar-refractivity contribution is 4.80. The van der Waals surface area contributed by atoms with Crippen molar-refractivity contribution in [2.45, 2.75) is 25.4 Å². The molecular formula is C13H29N3O. The third kappa shape index (κ3) is 6.36. The molecule has 2 unspecified atom stereocenters. The molecule has 0 aromatic carbocycles. The molecule has 1 aliphatic heterocycles. The van der Waals surface area contributed by atoms with E-state index in [1.54, 1.807) is 0 Å². The normalized spacial score (nSPS) is 26.1. The first-order valence-electron chi connectivity index (χ1n) is 6.65. The molecule has 0 saturated carbocycles. The first-order chi connectivity index (χ1) is 7.89. The van der Waals surface area contributed by atoms with Crippen LogP contribution in [-0.4, -0.2) is 74.4 Å². The van der Waals surface area contributed by atoms with Gasteiger partial charge in [-0.2, -0.15) is 0 Å². The molecular weight excluding hydrogens is 214 g/mol. The zero-order chi connectivity index (χ0) is 12.9. The Kier molecular flexibility index (Phi) is 5.86. The highest BCUT2D eigenvalue weighted by atomic mass is 16.3. The highest BCUT2D eigenvalue weighted by Crippen LogP contribution is 2.14. The number of likely N-dealkylation sites (N-methyl/N-ethyl adjacent to an activating group) is 1. The number of likely N-dealkylation sites (tertiary alicyclic amines) is 1. The number of piperidine rings is 1. The highest BCUT2D eigenvalue weighted by Gasteiger charge is 2.22. The average molecular weight is 243 g/mol. The average Bonchev–Trinajstić information content (AvgIpc) is 2.15. The lowest BCUT2D eigenvalue weighted by atomic mass is 9.98. The van der Waals surface area contributed by atoms with E-state index in [2.05, 4.69) is 17.3 Å². The largest absolute Gasteiger partial charge is 0.388 e. The Morgan fingerprint density at radius 2 is 2.18 bits per heavy atom. The molecule has 1 saturated heterocycles. The molecule has 1 rings (SSSR count). The van der Waals surface area contributed by atoms with Crippen LogP contribution in [0.2, 0.25) is 0 Å². The summed E-state index contributed by atoms with van der Waals surface area (Å²) in [6, 6.07) is 0. The van der Waals surface area contributed by atoms with Gasteiger partial charge in [-0.05, 0) is 59.9 Å². The quantitative estimate of drug-likeness (QED) is 0.700. The Labute approximate surface area is 106 Å². The van der Waals surface area contributed by atoms with Crippen molar-refractivity contribution in [3.05, 3.63) is 0 Å². The second-order valence-electron chi connectivity index (χ2n) is 6.14. The Bertz CT molecular complexity index is 219. The summed E-state index contributed by atoms with van der Waals surface area (Å²) in [4.78, 5) is 4.42. The van der Waals surface area contributed by atoms with Gasteiger partial charge in [0, 0.05) is 19.6 Å². The van der Waals surface area contributed by atoms with E-state index in [0.717, 1.165) is 12.5 Å². The lowest BCUT2D eigenvalue weighted by Gasteiger charge is -2.32. The standard InChI is InChI=1S/C13H29N3O/c1-13(17,11-15(2)3)10-14-8-12-6-5-7-16(4)9-12/h12,14,17H,5-11H2,1-4H3. The number of aliphatic hydroxyl groups is 1. The summed E-state index contributed by atoms with van der Waals surface area (Å²) in [5.74, 6) is 0.740. The van der Waals surface area contributed by atoms with Crippen molar-refractivity contribution in [2.24, 2.45) is 5.92 Å². The van der Waals surface area contributed by atoms with Gasteiger partial charge in [0.25, 0.3) is 0 Å². The molecule has 1 fully saturated rings. The van der Waals surface area contributed by atoms with Gasteiger partial charge in [-0.15, -0.1) is 0 Å². The van der Waals surface area contributed by atoms with Crippen LogP contribution < -0.4 is 5.32 Å². The zero-order valence-corrected chi connectivity index (χ0v) is 11.9. The molecule has 4 nitrogen and oxygen atoms in total. The van der Waals surface area contributed by atoms with Gasteiger partial charge in [-0.1, -0.05) is 0 Å². The van der Waals surface area contributed by atoms with Gasteiger partial charge < -0.3 is 20.2 Å². The van der Waals surface area contributed by atoms with Crippen LogP contribution in [0, 0.1) is 5.92 Å². The summed E-state index contributed by atoms with van der Waals surface area (Å²) in [6.45, 7) is 6.70. The summed E-state index contributed by atoms with van der Waals surface area (Å²) < 4.78 is 0. The fourth-order valence-corrected chi connectivity index (χ4v) is 2.72. The predicted octanol–water partition coefficient (Wildman–Crippen LogP) is 0.230. The minimum atomic E-state index is -0.635. The fourth-order valence-electron chi connectivity index (χ4n) is 2.72. The van der Waals surface area contributed by atoms with Crippen molar-refractivity contribution in [1.29, 1.82) is 0 Å². The van der Waals surface area contributed by atoms with Crippen LogP contribution in [0.5, 0.6) is 0 Å². The fraction of sp³-hybridized carbons (Fsp3) is 1.00. The summed E-state index contributed by atoms with van der Waals surface area (Å²) in [6.07, 6.45) is 2.62. The van der Waals surface area contributed by atoms with E-state index in [1.165, 1.54) is 25.9 Å². The maximum atomic E-state index is 10.2. The van der Waals surface area contributed by atoms with Gasteiger partial charge in [0.05, 0.1) is 5.60 Å². The minimum Gasteiger partial charge on any atom is -0.388 e. The van der Waals surface area contributed by atoms with E-state index in [1.807, 2.05) is 25.9 Å². The van der Waals surface area contributed by atoms with E-state index in [4.69, 9.17) is 0 Å². The van der Waals surface area contributed by atoms with Crippen LogP contribution in [0.25, 0.3) is 0 Å². The molecule has 0 bridgehead atoms. The maximum absolute atomic E-state index is 10.2. The molecule has 0 aliphatic carbocycles. The zero-order valence-electron chi connectivity index (χ0n) is 11.9. The molecule has 2 N–H and O–H groups in total. The van der Waals surface area contributed by atoms with Crippen LogP contribution in [-0.2, 0) is 0 Å². The first kappa shape index (κ1) is 14.9. The van der Waals surface area contributed by atoms with Crippen molar-refractivity contribution >= 4 is 0 Å². The van der Waals surface area contributed by atoms with Crippen molar-refractivity contribution in [3.63, 3.8) is 0 Å². The molecule has 0 spiro atoms. The smallest absolute Gasteiger partial charge is 0.0869 e. The molecule has 0 aromatic heterocycles. The van der Waals surface area contributed by atoms with Gasteiger partial charge in [-0.25, -0.2) is 0 Å². The van der Waals surface area contributed by atoms with Crippen LogP contribution in [0.1, 0.15) is 19.8 Å². The van der Waals surface area contributed by atoms with Gasteiger partial charge in [0.2, 0.25) is 0 Å². The van der Waals surface area contributed by atoms with Crippen LogP contribution in [0.4, 0.5) is 0 Å². The predicted molar refractivity (Wildman–Crippen MR) is 72.3 cm³/mol. The van der Waals surface area contributed by atoms with Crippen LogP contribution in [0.3, 0.4) is 0 Å². The Hall–Kier alpha value is -0.160. The second-order valence-corrected chi connectivity index (χ2v) is 6.14. The number of hydrogen-bond acceptors (Lipinski definition) is 4. The number of rotatable bonds is 6. The monoisotopic (exact) mass is 243 g/mol. The van der Waals surface area contributed by atoms with Crippen molar-refractivity contribution in [3.8, 4) is 0 Å². The van der Waals surface area contributed by atoms with E-state index >= 15 is 0 Å². The molecule has 102 valence electrons. The van der Waals surface area contributed by atoms with Gasteiger partial charge in [0.15, 0.2) is 0 Å². The molecule has 1 aliphatic rings. The van der Waals surface area contributed by atoms with Crippen molar-refractivity contribution in [2.75, 3.05) is 53.9 Å². The van der Waals surface area contributed by atoms with Gasteiger partial charge >= 0.3 is 0 Å². The van der Waals surface area contributed by atoms with E-state index in [0.29, 0.717) is 13.1 Å². The maximum Gasteiger partial charge on any atom is 0.0869 e. The summed E-state index contributed by atoms with van der Waals surface area (Å²) >= 11 is 0. The topological polar surface area (TPSA) is 38.7 Å². The number of nitrogens with one attached hydrogen (secondary N) is 1. The summed E-state index contributed by atoms with van der Waals surface area (Å²) in [7, 11) is 6.17. The van der Waals surface area contributed by atoms with Gasteiger partial charge in [0.1, 0.15) is 0 Å². The van der Waals surface area contributed by atoms with Crippen molar-refractivity contribution in [1.82, 2.24) is 15.1 Å². The van der Waals surface area contributed by atoms with Crippen molar-refractivity contribution < 1.29 is 5.11 Å². The van der Waals surface area contributed by atoms with Crippen LogP contribution in [0.15, 0.2) is 0 Å². The van der Waals surface area contributed by atoms with Gasteiger partial charge in [-0.3, -0.25) is 0 Å². The third-order valence-electron chi connectivity index (χ3n) is 3.32. The Morgan fingerprint density at radius 1 is 1.47 bits per heavy atom.